The van der Waals surface area contributed by atoms with Gasteiger partial charge in [-0.3, -0.25) is 4.79 Å². The summed E-state index contributed by atoms with van der Waals surface area (Å²) in [4.78, 5) is 11.9. The monoisotopic (exact) mass is 353 g/mol. The first kappa shape index (κ1) is 14.7. The van der Waals surface area contributed by atoms with Crippen LogP contribution in [0.15, 0.2) is 40.9 Å². The Bertz CT molecular complexity index is 661. The Hall–Kier alpha value is -1.72. The number of nitrogen functional groups attached to an aromatic ring is 1. The fraction of sp³-hybridized carbons (Fsp3) is 0.0714. The molecule has 0 saturated carbocycles. The summed E-state index contributed by atoms with van der Waals surface area (Å²) >= 11 is 9.46. The minimum absolute atomic E-state index is 0.189. The van der Waals surface area contributed by atoms with Crippen molar-refractivity contribution in [3.05, 3.63) is 51.5 Å². The van der Waals surface area contributed by atoms with Crippen LogP contribution >= 0.6 is 27.5 Å². The van der Waals surface area contributed by atoms with E-state index >= 15 is 0 Å². The number of carbonyl (C=O) groups is 1. The van der Waals surface area contributed by atoms with Crippen molar-refractivity contribution in [2.45, 2.75) is 0 Å². The Labute approximate surface area is 130 Å². The zero-order valence-electron chi connectivity index (χ0n) is 10.7. The minimum Gasteiger partial charge on any atom is -0.399 e. The van der Waals surface area contributed by atoms with E-state index in [4.69, 9.17) is 17.3 Å². The number of hydrogen-bond acceptors (Lipinski definition) is 3. The van der Waals surface area contributed by atoms with E-state index in [1.165, 1.54) is 0 Å². The van der Waals surface area contributed by atoms with Crippen molar-refractivity contribution in [3.63, 3.8) is 0 Å². The summed E-state index contributed by atoms with van der Waals surface area (Å²) in [6.45, 7) is 0. The first-order valence-electron chi connectivity index (χ1n) is 5.85. The van der Waals surface area contributed by atoms with Gasteiger partial charge in [-0.15, -0.1) is 0 Å². The van der Waals surface area contributed by atoms with Crippen molar-refractivity contribution in [2.24, 2.45) is 0 Å². The highest BCUT2D eigenvalue weighted by Crippen LogP contribution is 2.33. The summed E-state index contributed by atoms with van der Waals surface area (Å²) < 4.78 is 0.729. The maximum Gasteiger partial charge on any atom is 0.253 e. The molecular formula is C14H13BrClN3O. The van der Waals surface area contributed by atoms with Gasteiger partial charge in [0, 0.05) is 12.7 Å². The number of benzene rings is 2. The number of rotatable bonds is 3. The van der Waals surface area contributed by atoms with Crippen LogP contribution in [0.3, 0.4) is 0 Å². The molecule has 0 aliphatic rings. The summed E-state index contributed by atoms with van der Waals surface area (Å²) in [6.07, 6.45) is 0. The van der Waals surface area contributed by atoms with E-state index in [0.29, 0.717) is 22.0 Å². The predicted octanol–water partition coefficient (Wildman–Crippen LogP) is 3.79. The lowest BCUT2D eigenvalue weighted by Gasteiger charge is -2.14. The third-order valence-electron chi connectivity index (χ3n) is 2.74. The lowest BCUT2D eigenvalue weighted by Crippen LogP contribution is -2.19. The molecular weight excluding hydrogens is 342 g/mol. The molecule has 0 radical (unpaired) electrons. The smallest absolute Gasteiger partial charge is 0.253 e. The molecule has 20 heavy (non-hydrogen) atoms. The number of halogens is 2. The number of carbonyl (C=O) groups excluding carboxylic acids is 1. The van der Waals surface area contributed by atoms with E-state index in [-0.39, 0.29) is 5.91 Å². The van der Waals surface area contributed by atoms with E-state index in [1.54, 1.807) is 31.3 Å². The second-order valence-corrected chi connectivity index (χ2v) is 5.31. The minimum atomic E-state index is -0.189. The van der Waals surface area contributed by atoms with Crippen molar-refractivity contribution in [1.82, 2.24) is 5.32 Å². The molecule has 0 saturated heterocycles. The highest BCUT2D eigenvalue weighted by atomic mass is 79.9. The molecule has 1 amide bonds. The summed E-state index contributed by atoms with van der Waals surface area (Å²) in [7, 11) is 1.58. The van der Waals surface area contributed by atoms with Crippen LogP contribution in [0.1, 0.15) is 10.4 Å². The molecule has 4 nitrogen and oxygen atoms in total. The second-order valence-electron chi connectivity index (χ2n) is 4.11. The van der Waals surface area contributed by atoms with Gasteiger partial charge in [0.05, 0.1) is 26.4 Å². The molecule has 104 valence electrons. The van der Waals surface area contributed by atoms with Crippen LogP contribution in [0.4, 0.5) is 17.1 Å². The second kappa shape index (κ2) is 6.15. The van der Waals surface area contributed by atoms with Gasteiger partial charge in [-0.2, -0.15) is 0 Å². The van der Waals surface area contributed by atoms with Gasteiger partial charge in [0.1, 0.15) is 0 Å². The molecule has 0 aromatic heterocycles. The predicted molar refractivity (Wildman–Crippen MR) is 86.7 cm³/mol. The molecule has 2 rings (SSSR count). The normalized spacial score (nSPS) is 10.2. The summed E-state index contributed by atoms with van der Waals surface area (Å²) in [5.74, 6) is -0.189. The van der Waals surface area contributed by atoms with Gasteiger partial charge in [-0.25, -0.2) is 0 Å². The Balaban J connectivity index is 2.44. The lowest BCUT2D eigenvalue weighted by molar-refractivity contribution is 0.0964. The molecule has 0 aliphatic heterocycles. The van der Waals surface area contributed by atoms with Crippen LogP contribution in [0, 0.1) is 0 Å². The quantitative estimate of drug-likeness (QED) is 0.735. The van der Waals surface area contributed by atoms with Crippen LogP contribution < -0.4 is 16.4 Å². The summed E-state index contributed by atoms with van der Waals surface area (Å²) in [5, 5.41) is 6.34. The Morgan fingerprint density at radius 1 is 1.25 bits per heavy atom. The van der Waals surface area contributed by atoms with Crippen molar-refractivity contribution >= 4 is 50.5 Å². The number of amides is 1. The Kier molecular flexibility index (Phi) is 4.52. The van der Waals surface area contributed by atoms with E-state index in [9.17, 15) is 4.79 Å². The fourth-order valence-electron chi connectivity index (χ4n) is 1.74. The Morgan fingerprint density at radius 2 is 2.00 bits per heavy atom. The molecule has 0 unspecified atom stereocenters. The first-order chi connectivity index (χ1) is 9.52. The van der Waals surface area contributed by atoms with Crippen LogP contribution in [0.5, 0.6) is 0 Å². The van der Waals surface area contributed by atoms with Crippen LogP contribution in [0.2, 0.25) is 5.02 Å². The zero-order valence-corrected chi connectivity index (χ0v) is 13.0. The van der Waals surface area contributed by atoms with Gasteiger partial charge in [-0.1, -0.05) is 17.7 Å². The molecule has 0 spiro atoms. The zero-order chi connectivity index (χ0) is 14.7. The van der Waals surface area contributed by atoms with E-state index in [1.807, 2.05) is 12.1 Å². The van der Waals surface area contributed by atoms with E-state index in [0.717, 1.165) is 10.2 Å². The molecule has 0 atom stereocenters. The molecule has 0 heterocycles. The molecule has 6 heteroatoms. The van der Waals surface area contributed by atoms with Crippen molar-refractivity contribution in [1.29, 1.82) is 0 Å². The van der Waals surface area contributed by atoms with Gasteiger partial charge in [0.25, 0.3) is 5.91 Å². The molecule has 2 aromatic carbocycles. The standard InChI is InChI=1S/C14H13BrClN3O/c1-18-14(20)9-6-5-8(17)7-12(9)19-11-4-2-3-10(16)13(11)15/h2-7,19H,17H2,1H3,(H,18,20). The number of anilines is 3. The maximum absolute atomic E-state index is 11.9. The van der Waals surface area contributed by atoms with E-state index in [2.05, 4.69) is 26.6 Å². The maximum atomic E-state index is 11.9. The molecule has 2 aromatic rings. The lowest BCUT2D eigenvalue weighted by atomic mass is 10.1. The molecule has 0 fully saturated rings. The number of hydrogen-bond donors (Lipinski definition) is 3. The average molecular weight is 355 g/mol. The average Bonchev–Trinajstić information content (AvgIpc) is 2.43. The van der Waals surface area contributed by atoms with Crippen LogP contribution in [0.25, 0.3) is 0 Å². The Morgan fingerprint density at radius 3 is 2.70 bits per heavy atom. The topological polar surface area (TPSA) is 67.2 Å². The van der Waals surface area contributed by atoms with E-state index < -0.39 is 0 Å². The third kappa shape index (κ3) is 3.05. The number of nitrogens with two attached hydrogens (primary N) is 1. The SMILES string of the molecule is CNC(=O)c1ccc(N)cc1Nc1cccc(Cl)c1Br. The van der Waals surface area contributed by atoms with Gasteiger partial charge in [0.2, 0.25) is 0 Å². The first-order valence-corrected chi connectivity index (χ1v) is 7.02. The molecule has 0 aliphatic carbocycles. The van der Waals surface area contributed by atoms with Gasteiger partial charge in [0.15, 0.2) is 0 Å². The molecule has 4 N–H and O–H groups in total. The van der Waals surface area contributed by atoms with Gasteiger partial charge >= 0.3 is 0 Å². The van der Waals surface area contributed by atoms with Crippen molar-refractivity contribution in [3.8, 4) is 0 Å². The summed E-state index contributed by atoms with van der Waals surface area (Å²) in [6, 6.07) is 10.5. The number of nitrogens with one attached hydrogen (secondary N) is 2. The molecule has 0 bridgehead atoms. The van der Waals surface area contributed by atoms with Crippen LogP contribution in [-0.2, 0) is 0 Å². The van der Waals surface area contributed by atoms with Gasteiger partial charge in [-0.05, 0) is 46.3 Å². The summed E-state index contributed by atoms with van der Waals surface area (Å²) in [5.41, 5.74) is 8.23. The largest absolute Gasteiger partial charge is 0.399 e. The van der Waals surface area contributed by atoms with Crippen molar-refractivity contribution in [2.75, 3.05) is 18.1 Å². The highest BCUT2D eigenvalue weighted by Gasteiger charge is 2.12. The van der Waals surface area contributed by atoms with Crippen LogP contribution in [-0.4, -0.2) is 13.0 Å². The van der Waals surface area contributed by atoms with Gasteiger partial charge < -0.3 is 16.4 Å². The fourth-order valence-corrected chi connectivity index (χ4v) is 2.28. The third-order valence-corrected chi connectivity index (χ3v) is 4.13. The highest BCUT2D eigenvalue weighted by molar-refractivity contribution is 9.10. The van der Waals surface area contributed by atoms with Crippen molar-refractivity contribution < 1.29 is 4.79 Å².